The van der Waals surface area contributed by atoms with E-state index in [1.807, 2.05) is 26.8 Å². The molecule has 0 spiro atoms. The van der Waals surface area contributed by atoms with E-state index < -0.39 is 5.97 Å². The Hall–Kier alpha value is -2.14. The molecule has 0 N–H and O–H groups in total. The number of benzene rings is 1. The van der Waals surface area contributed by atoms with Crippen molar-refractivity contribution in [2.45, 2.75) is 33.2 Å². The predicted molar refractivity (Wildman–Crippen MR) is 87.8 cm³/mol. The van der Waals surface area contributed by atoms with Crippen LogP contribution in [0, 0.1) is 13.8 Å². The summed E-state index contributed by atoms with van der Waals surface area (Å²) in [6.07, 6.45) is 0.163. The number of Topliss-reactive ketones (excluding diaryl/α,β-unsaturated/α-hetero) is 1. The lowest BCUT2D eigenvalue weighted by Gasteiger charge is -2.13. The first-order valence-corrected chi connectivity index (χ1v) is 7.71. The van der Waals surface area contributed by atoms with Crippen molar-refractivity contribution in [3.8, 4) is 0 Å². The van der Waals surface area contributed by atoms with Crippen LogP contribution in [0.3, 0.4) is 0 Å². The number of aromatic nitrogens is 2. The quantitative estimate of drug-likeness (QED) is 0.599. The maximum Gasteiger partial charge on any atom is 0.308 e. The van der Waals surface area contributed by atoms with E-state index in [4.69, 9.17) is 16.3 Å². The molecular weight excluding hydrogens is 316 g/mol. The zero-order valence-corrected chi connectivity index (χ0v) is 14.1. The minimum Gasteiger partial charge on any atom is -0.457 e. The van der Waals surface area contributed by atoms with E-state index in [2.05, 4.69) is 5.10 Å². The van der Waals surface area contributed by atoms with Gasteiger partial charge in [-0.3, -0.25) is 14.3 Å². The van der Waals surface area contributed by atoms with Crippen LogP contribution in [0.1, 0.15) is 41.1 Å². The van der Waals surface area contributed by atoms with Gasteiger partial charge in [0.15, 0.2) is 12.4 Å². The number of rotatable bonds is 6. The molecule has 1 heterocycles. The van der Waals surface area contributed by atoms with Crippen LogP contribution in [0.15, 0.2) is 30.3 Å². The lowest BCUT2D eigenvalue weighted by atomic mass is 10.1. The molecule has 0 aliphatic heterocycles. The number of carbonyl (C=O) groups excluding carboxylic acids is 2. The van der Waals surface area contributed by atoms with Gasteiger partial charge >= 0.3 is 5.97 Å². The van der Waals surface area contributed by atoms with Gasteiger partial charge in [-0.05, 0) is 51.1 Å². The number of carbonyl (C=O) groups is 2. The second kappa shape index (κ2) is 7.42. The normalized spacial score (nSPS) is 12.0. The van der Waals surface area contributed by atoms with Crippen LogP contribution in [0.5, 0.6) is 0 Å². The molecule has 2 aromatic rings. The smallest absolute Gasteiger partial charge is 0.308 e. The van der Waals surface area contributed by atoms with Gasteiger partial charge in [-0.15, -0.1) is 0 Å². The number of aryl methyl sites for hydroxylation is 2. The molecule has 0 radical (unpaired) electrons. The van der Waals surface area contributed by atoms with Gasteiger partial charge < -0.3 is 4.74 Å². The lowest BCUT2D eigenvalue weighted by Crippen LogP contribution is -2.18. The van der Waals surface area contributed by atoms with Crippen molar-refractivity contribution in [2.24, 2.45) is 0 Å². The molecule has 1 aromatic carbocycles. The highest BCUT2D eigenvalue weighted by Gasteiger charge is 2.16. The molecule has 1 aromatic heterocycles. The van der Waals surface area contributed by atoms with Crippen LogP contribution in [0.2, 0.25) is 5.02 Å². The molecule has 0 fully saturated rings. The minimum absolute atomic E-state index is 0.123. The van der Waals surface area contributed by atoms with Crippen molar-refractivity contribution < 1.29 is 14.3 Å². The molecule has 0 bridgehead atoms. The Bertz CT molecular complexity index is 707. The highest BCUT2D eigenvalue weighted by Crippen LogP contribution is 2.15. The number of nitrogens with zero attached hydrogens (tertiary/aromatic N) is 2. The highest BCUT2D eigenvalue weighted by atomic mass is 35.5. The third-order valence-corrected chi connectivity index (χ3v) is 3.71. The van der Waals surface area contributed by atoms with Gasteiger partial charge in [-0.25, -0.2) is 0 Å². The Morgan fingerprint density at radius 1 is 1.26 bits per heavy atom. The van der Waals surface area contributed by atoms with Crippen molar-refractivity contribution in [3.05, 3.63) is 52.3 Å². The summed E-state index contributed by atoms with van der Waals surface area (Å²) >= 11 is 5.77. The highest BCUT2D eigenvalue weighted by molar-refractivity contribution is 6.30. The largest absolute Gasteiger partial charge is 0.457 e. The SMILES string of the molecule is Cc1cc(C)n([C@H](C)CC(=O)OCC(=O)c2ccc(Cl)cc2)n1. The second-order valence-electron chi connectivity index (χ2n) is 5.52. The summed E-state index contributed by atoms with van der Waals surface area (Å²) in [5, 5.41) is 4.90. The fourth-order valence-electron chi connectivity index (χ4n) is 2.34. The summed E-state index contributed by atoms with van der Waals surface area (Å²) < 4.78 is 6.85. The maximum absolute atomic E-state index is 11.9. The topological polar surface area (TPSA) is 61.2 Å². The zero-order valence-electron chi connectivity index (χ0n) is 13.4. The van der Waals surface area contributed by atoms with E-state index in [-0.39, 0.29) is 24.9 Å². The van der Waals surface area contributed by atoms with E-state index in [1.54, 1.807) is 28.9 Å². The summed E-state index contributed by atoms with van der Waals surface area (Å²) in [4.78, 5) is 23.8. The molecule has 0 amide bonds. The summed E-state index contributed by atoms with van der Waals surface area (Å²) in [5.41, 5.74) is 2.36. The Morgan fingerprint density at radius 3 is 2.48 bits per heavy atom. The molecule has 23 heavy (non-hydrogen) atoms. The number of ketones is 1. The van der Waals surface area contributed by atoms with Crippen molar-refractivity contribution in [1.82, 2.24) is 9.78 Å². The summed E-state index contributed by atoms with van der Waals surface area (Å²) in [5.74, 6) is -0.679. The van der Waals surface area contributed by atoms with Crippen molar-refractivity contribution in [1.29, 1.82) is 0 Å². The van der Waals surface area contributed by atoms with E-state index in [0.717, 1.165) is 11.4 Å². The summed E-state index contributed by atoms with van der Waals surface area (Å²) in [6, 6.07) is 8.30. The Balaban J connectivity index is 1.86. The van der Waals surface area contributed by atoms with E-state index in [9.17, 15) is 9.59 Å². The van der Waals surface area contributed by atoms with Crippen LogP contribution >= 0.6 is 11.6 Å². The first-order chi connectivity index (χ1) is 10.9. The molecule has 5 nitrogen and oxygen atoms in total. The van der Waals surface area contributed by atoms with Gasteiger partial charge in [0.2, 0.25) is 0 Å². The second-order valence-corrected chi connectivity index (χ2v) is 5.95. The molecular formula is C17H19ClN2O3. The zero-order chi connectivity index (χ0) is 17.0. The lowest BCUT2D eigenvalue weighted by molar-refractivity contribution is -0.143. The molecule has 0 aliphatic carbocycles. The van der Waals surface area contributed by atoms with Gasteiger partial charge in [0.1, 0.15) is 0 Å². The van der Waals surface area contributed by atoms with Gasteiger partial charge in [-0.1, -0.05) is 11.6 Å². The predicted octanol–water partition coefficient (Wildman–Crippen LogP) is 3.53. The number of ether oxygens (including phenoxy) is 1. The maximum atomic E-state index is 11.9. The van der Waals surface area contributed by atoms with Crippen molar-refractivity contribution in [2.75, 3.05) is 6.61 Å². The molecule has 0 unspecified atom stereocenters. The van der Waals surface area contributed by atoms with Crippen LogP contribution in [-0.4, -0.2) is 28.1 Å². The molecule has 0 saturated carbocycles. The van der Waals surface area contributed by atoms with Crippen LogP contribution in [-0.2, 0) is 9.53 Å². The third-order valence-electron chi connectivity index (χ3n) is 3.45. The molecule has 0 aliphatic rings. The Kier molecular flexibility index (Phi) is 5.55. The molecule has 6 heteroatoms. The average molecular weight is 335 g/mol. The van der Waals surface area contributed by atoms with Crippen LogP contribution < -0.4 is 0 Å². The van der Waals surface area contributed by atoms with Crippen molar-refractivity contribution in [3.63, 3.8) is 0 Å². The molecule has 0 saturated heterocycles. The van der Waals surface area contributed by atoms with Gasteiger partial charge in [0.25, 0.3) is 0 Å². The van der Waals surface area contributed by atoms with Gasteiger partial charge in [-0.2, -0.15) is 5.10 Å². The first kappa shape index (κ1) is 17.2. The average Bonchev–Trinajstić information content (AvgIpc) is 2.84. The third kappa shape index (κ3) is 4.66. The molecule has 122 valence electrons. The van der Waals surface area contributed by atoms with E-state index >= 15 is 0 Å². The van der Waals surface area contributed by atoms with E-state index in [1.165, 1.54) is 0 Å². The Labute approximate surface area is 140 Å². The number of halogens is 1. The fraction of sp³-hybridized carbons (Fsp3) is 0.353. The van der Waals surface area contributed by atoms with Crippen LogP contribution in [0.25, 0.3) is 0 Å². The number of hydrogen-bond acceptors (Lipinski definition) is 4. The monoisotopic (exact) mass is 334 g/mol. The number of esters is 1. The summed E-state index contributed by atoms with van der Waals surface area (Å²) in [7, 11) is 0. The molecule has 2 rings (SSSR count). The molecule has 1 atom stereocenters. The summed E-state index contributed by atoms with van der Waals surface area (Å²) in [6.45, 7) is 5.46. The van der Waals surface area contributed by atoms with Crippen LogP contribution in [0.4, 0.5) is 0 Å². The van der Waals surface area contributed by atoms with Crippen molar-refractivity contribution >= 4 is 23.4 Å². The fourth-order valence-corrected chi connectivity index (χ4v) is 2.47. The Morgan fingerprint density at radius 2 is 1.91 bits per heavy atom. The van der Waals surface area contributed by atoms with Gasteiger partial charge in [0, 0.05) is 16.3 Å². The number of hydrogen-bond donors (Lipinski definition) is 0. The first-order valence-electron chi connectivity index (χ1n) is 7.34. The minimum atomic E-state index is -0.424. The van der Waals surface area contributed by atoms with Gasteiger partial charge in [0.05, 0.1) is 18.2 Å². The standard InChI is InChI=1S/C17H19ClN2O3/c1-11-8-12(2)20(19-11)13(3)9-17(22)23-10-16(21)14-4-6-15(18)7-5-14/h4-8,13H,9-10H2,1-3H3/t13-/m1/s1. The van der Waals surface area contributed by atoms with E-state index in [0.29, 0.717) is 10.6 Å².